The van der Waals surface area contributed by atoms with Crippen LogP contribution >= 0.6 is 0 Å². The second kappa shape index (κ2) is 6.54. The molecule has 2 aromatic carbocycles. The molecule has 2 aromatic rings. The maximum absolute atomic E-state index is 13.0. The minimum Gasteiger partial charge on any atom is -0.615 e. The van der Waals surface area contributed by atoms with Gasteiger partial charge >= 0.3 is 0 Å². The predicted octanol–water partition coefficient (Wildman–Crippen LogP) is 2.15. The molecule has 0 fully saturated rings. The van der Waals surface area contributed by atoms with E-state index in [0.717, 1.165) is 5.56 Å². The third kappa shape index (κ3) is 3.59. The molecule has 0 spiro atoms. The molecule has 0 aliphatic rings. The van der Waals surface area contributed by atoms with Crippen LogP contribution in [-0.2, 0) is 16.0 Å². The van der Waals surface area contributed by atoms with Gasteiger partial charge in [-0.3, -0.25) is 4.79 Å². The quantitative estimate of drug-likeness (QED) is 0.858. The molecule has 0 saturated heterocycles. The van der Waals surface area contributed by atoms with E-state index in [-0.39, 0.29) is 11.6 Å². The first-order valence-corrected chi connectivity index (χ1v) is 7.42. The topological polar surface area (TPSA) is 66.2 Å². The van der Waals surface area contributed by atoms with Gasteiger partial charge in [-0.05, 0) is 23.3 Å². The van der Waals surface area contributed by atoms with Gasteiger partial charge in [0.15, 0.2) is 11.0 Å². The minimum atomic E-state index is -1.49. The summed E-state index contributed by atoms with van der Waals surface area (Å²) in [5.41, 5.74) is 6.62. The Bertz CT molecular complexity index is 574. The predicted molar refractivity (Wildman–Crippen MR) is 76.9 cm³/mol. The van der Waals surface area contributed by atoms with Crippen LogP contribution in [0.15, 0.2) is 54.6 Å². The molecule has 2 atom stereocenters. The maximum Gasteiger partial charge on any atom is 0.267 e. The number of carbonyl (C=O) groups excluding carboxylic acids is 1. The summed E-state index contributed by atoms with van der Waals surface area (Å²) < 4.78 is 25.4. The van der Waals surface area contributed by atoms with Crippen molar-refractivity contribution in [2.24, 2.45) is 5.73 Å². The highest BCUT2D eigenvalue weighted by molar-refractivity contribution is 7.92. The first-order chi connectivity index (χ1) is 9.58. The molecule has 1 amide bonds. The molecular formula is C15H14FNO2S. The normalized spacial score (nSPS) is 13.7. The average Bonchev–Trinajstić information content (AvgIpc) is 2.42. The average molecular weight is 291 g/mol. The largest absolute Gasteiger partial charge is 0.615 e. The zero-order valence-corrected chi connectivity index (χ0v) is 11.5. The number of benzene rings is 2. The molecule has 2 rings (SSSR count). The number of amides is 1. The molecule has 3 nitrogen and oxygen atoms in total. The summed E-state index contributed by atoms with van der Waals surface area (Å²) in [6.45, 7) is 0. The Morgan fingerprint density at radius 2 is 1.65 bits per heavy atom. The third-order valence-corrected chi connectivity index (χ3v) is 4.46. The van der Waals surface area contributed by atoms with Crippen LogP contribution in [0.2, 0.25) is 0 Å². The summed E-state index contributed by atoms with van der Waals surface area (Å²) in [5, 5.41) is -0.496. The van der Waals surface area contributed by atoms with Crippen LogP contribution in [0.3, 0.4) is 0 Å². The summed E-state index contributed by atoms with van der Waals surface area (Å²) in [6.07, 6.45) is 0. The number of carbonyl (C=O) groups is 1. The number of nitrogens with two attached hydrogens (primary N) is 1. The van der Waals surface area contributed by atoms with E-state index in [1.165, 1.54) is 12.1 Å². The summed E-state index contributed by atoms with van der Waals surface area (Å²) in [6, 6.07) is 14.9. The first-order valence-electron chi connectivity index (χ1n) is 6.04. The van der Waals surface area contributed by atoms with Gasteiger partial charge in [-0.15, -0.1) is 0 Å². The van der Waals surface area contributed by atoms with Gasteiger partial charge in [0.05, 0.1) is 0 Å². The Labute approximate surface area is 119 Å². The van der Waals surface area contributed by atoms with Crippen LogP contribution < -0.4 is 5.73 Å². The van der Waals surface area contributed by atoms with Gasteiger partial charge in [-0.1, -0.05) is 42.5 Å². The Hall–Kier alpha value is -1.85. The van der Waals surface area contributed by atoms with Crippen LogP contribution in [0.4, 0.5) is 4.39 Å². The zero-order valence-electron chi connectivity index (χ0n) is 10.7. The van der Waals surface area contributed by atoms with Crippen LogP contribution in [0.1, 0.15) is 16.4 Å². The smallest absolute Gasteiger partial charge is 0.267 e. The van der Waals surface area contributed by atoms with Crippen molar-refractivity contribution in [1.29, 1.82) is 0 Å². The van der Waals surface area contributed by atoms with Crippen molar-refractivity contribution in [3.8, 4) is 0 Å². The fourth-order valence-electron chi connectivity index (χ4n) is 1.98. The number of primary amides is 1. The van der Waals surface area contributed by atoms with Crippen LogP contribution in [0, 0.1) is 5.82 Å². The molecule has 20 heavy (non-hydrogen) atoms. The maximum atomic E-state index is 13.0. The Morgan fingerprint density at radius 1 is 1.10 bits per heavy atom. The van der Waals surface area contributed by atoms with Crippen molar-refractivity contribution in [1.82, 2.24) is 0 Å². The van der Waals surface area contributed by atoms with Gasteiger partial charge in [0, 0.05) is 11.1 Å². The standard InChI is InChI=1S/C15H14FNO2S/c16-13-8-6-12(7-9-13)15(20(19)10-14(17)18)11-4-2-1-3-5-11/h1-9,15H,10H2,(H2,17,18). The van der Waals surface area contributed by atoms with Gasteiger partial charge in [0.2, 0.25) is 0 Å². The molecule has 2 unspecified atom stereocenters. The lowest BCUT2D eigenvalue weighted by Gasteiger charge is -2.21. The van der Waals surface area contributed by atoms with Crippen molar-refractivity contribution >= 4 is 17.1 Å². The molecule has 0 aromatic heterocycles. The Morgan fingerprint density at radius 3 is 2.20 bits per heavy atom. The van der Waals surface area contributed by atoms with Crippen LogP contribution in [0.5, 0.6) is 0 Å². The Kier molecular flexibility index (Phi) is 4.76. The van der Waals surface area contributed by atoms with Gasteiger partial charge in [0.1, 0.15) is 5.82 Å². The van der Waals surface area contributed by atoms with Gasteiger partial charge in [0.25, 0.3) is 5.91 Å². The van der Waals surface area contributed by atoms with Crippen LogP contribution in [-0.4, -0.2) is 16.2 Å². The molecular weight excluding hydrogens is 277 g/mol. The van der Waals surface area contributed by atoms with E-state index in [4.69, 9.17) is 5.73 Å². The summed E-state index contributed by atoms with van der Waals surface area (Å²) in [5.74, 6) is -1.20. The van der Waals surface area contributed by atoms with E-state index >= 15 is 0 Å². The van der Waals surface area contributed by atoms with E-state index < -0.39 is 22.3 Å². The van der Waals surface area contributed by atoms with Gasteiger partial charge < -0.3 is 10.3 Å². The highest BCUT2D eigenvalue weighted by atomic mass is 32.2. The molecule has 0 aliphatic heterocycles. The summed E-state index contributed by atoms with van der Waals surface area (Å²) in [7, 11) is 0. The third-order valence-electron chi connectivity index (χ3n) is 2.82. The van der Waals surface area contributed by atoms with Gasteiger partial charge in [-0.25, -0.2) is 4.39 Å². The highest BCUT2D eigenvalue weighted by Crippen LogP contribution is 2.30. The number of hydrogen-bond acceptors (Lipinski definition) is 2. The molecule has 2 N–H and O–H groups in total. The monoisotopic (exact) mass is 291 g/mol. The fourth-order valence-corrected chi connectivity index (χ4v) is 3.35. The Balaban J connectivity index is 2.38. The van der Waals surface area contributed by atoms with Crippen molar-refractivity contribution in [2.45, 2.75) is 5.25 Å². The minimum absolute atomic E-state index is 0.225. The van der Waals surface area contributed by atoms with Crippen molar-refractivity contribution in [3.63, 3.8) is 0 Å². The molecule has 0 heterocycles. The van der Waals surface area contributed by atoms with E-state index in [9.17, 15) is 13.7 Å². The van der Waals surface area contributed by atoms with E-state index in [1.54, 1.807) is 12.1 Å². The zero-order chi connectivity index (χ0) is 14.5. The summed E-state index contributed by atoms with van der Waals surface area (Å²) in [4.78, 5) is 11.0. The van der Waals surface area contributed by atoms with Crippen molar-refractivity contribution in [3.05, 3.63) is 71.5 Å². The fraction of sp³-hybridized carbons (Fsp3) is 0.133. The molecule has 5 heteroatoms. The molecule has 0 aliphatic carbocycles. The van der Waals surface area contributed by atoms with E-state index in [0.29, 0.717) is 5.56 Å². The highest BCUT2D eigenvalue weighted by Gasteiger charge is 2.27. The SMILES string of the molecule is NC(=O)C[S+]([O-])C(c1ccccc1)c1ccc(F)cc1. The number of halogens is 1. The number of rotatable bonds is 5. The molecule has 0 saturated carbocycles. The lowest BCUT2D eigenvalue weighted by molar-refractivity contribution is -0.115. The van der Waals surface area contributed by atoms with Crippen LogP contribution in [0.25, 0.3) is 0 Å². The lowest BCUT2D eigenvalue weighted by Crippen LogP contribution is -2.27. The number of hydrogen-bond donors (Lipinski definition) is 1. The van der Waals surface area contributed by atoms with E-state index in [1.807, 2.05) is 30.3 Å². The lowest BCUT2D eigenvalue weighted by atomic mass is 10.0. The van der Waals surface area contributed by atoms with Crippen molar-refractivity contribution in [2.75, 3.05) is 5.75 Å². The molecule has 0 bridgehead atoms. The summed E-state index contributed by atoms with van der Waals surface area (Å²) >= 11 is -1.49. The van der Waals surface area contributed by atoms with Gasteiger partial charge in [-0.2, -0.15) is 0 Å². The van der Waals surface area contributed by atoms with E-state index in [2.05, 4.69) is 0 Å². The molecule has 0 radical (unpaired) electrons. The second-order valence-corrected chi connectivity index (χ2v) is 5.86. The first kappa shape index (κ1) is 14.6. The van der Waals surface area contributed by atoms with Crippen molar-refractivity contribution < 1.29 is 13.7 Å². The molecule has 104 valence electrons. The second-order valence-electron chi connectivity index (χ2n) is 4.33.